The van der Waals surface area contributed by atoms with Crippen molar-refractivity contribution in [1.29, 1.82) is 0 Å². The van der Waals surface area contributed by atoms with Crippen molar-refractivity contribution in [3.05, 3.63) is 0 Å². The predicted molar refractivity (Wildman–Crippen MR) is 40.1 cm³/mol. The van der Waals surface area contributed by atoms with Crippen molar-refractivity contribution in [2.45, 2.75) is 26.7 Å². The van der Waals surface area contributed by atoms with Crippen LogP contribution in [0.1, 0.15) is 26.7 Å². The second kappa shape index (κ2) is 4.55. The molecule has 0 aromatic heterocycles. The Balaban J connectivity index is 3.17. The lowest BCUT2D eigenvalue weighted by atomic mass is 10.1. The second-order valence-electron chi connectivity index (χ2n) is 2.51. The molecular weight excluding hydrogens is 132 g/mol. The van der Waals surface area contributed by atoms with Crippen LogP contribution in [-0.4, -0.2) is 16.5 Å². The van der Waals surface area contributed by atoms with Gasteiger partial charge in [0.2, 0.25) is 10.5 Å². The molecule has 3 heteroatoms. The third kappa shape index (κ3) is 5.56. The van der Waals surface area contributed by atoms with Crippen LogP contribution in [0.4, 0.5) is 0 Å². The van der Waals surface area contributed by atoms with Crippen molar-refractivity contribution in [3.63, 3.8) is 0 Å². The maximum atomic E-state index is 10.5. The van der Waals surface area contributed by atoms with Crippen LogP contribution >= 0.6 is 0 Å². The molecule has 0 N–H and O–H groups in total. The van der Waals surface area contributed by atoms with E-state index in [0.29, 0.717) is 22.8 Å². The van der Waals surface area contributed by atoms with Gasteiger partial charge in [-0.05, 0) is 12.3 Å². The Morgan fingerprint density at radius 3 is 2.56 bits per heavy atom. The van der Waals surface area contributed by atoms with E-state index in [2.05, 4.69) is 18.3 Å². The van der Waals surface area contributed by atoms with Crippen molar-refractivity contribution in [1.82, 2.24) is 0 Å². The topological polar surface area (TPSA) is 26.3 Å². The van der Waals surface area contributed by atoms with E-state index in [1.54, 1.807) is 0 Å². The van der Waals surface area contributed by atoms with Crippen molar-refractivity contribution in [2.75, 3.05) is 0 Å². The lowest BCUT2D eigenvalue weighted by molar-refractivity contribution is -0.134. The molecule has 2 nitrogen and oxygen atoms in total. The Bertz CT molecular complexity index is 91.1. The molecule has 0 radical (unpaired) electrons. The number of rotatable bonds is 3. The molecule has 0 aliphatic carbocycles. The number of hydrogen-bond acceptors (Lipinski definition) is 2. The van der Waals surface area contributed by atoms with Crippen LogP contribution in [0, 0.1) is 5.92 Å². The molecule has 0 saturated heterocycles. The van der Waals surface area contributed by atoms with Crippen LogP contribution < -0.4 is 0 Å². The average molecular weight is 146 g/mol. The normalized spacial score (nSPS) is 10.1. The first-order chi connectivity index (χ1) is 4.16. The number of hydrogen-bond donors (Lipinski definition) is 0. The maximum Gasteiger partial charge on any atom is 0.291 e. The van der Waals surface area contributed by atoms with Gasteiger partial charge in [0.1, 0.15) is 0 Å². The zero-order valence-corrected chi connectivity index (χ0v) is 8.31. The molecule has 0 heterocycles. The second-order valence-corrected chi connectivity index (χ2v) is 2.92. The summed E-state index contributed by atoms with van der Waals surface area (Å²) in [6.07, 6.45) is 1.53. The van der Waals surface area contributed by atoms with Gasteiger partial charge in [0, 0.05) is 6.42 Å². The standard InChI is InChI=1S/C6H14O2Si/c1-5(2)3-4-6(7)8-9/h5H,3-4H2,1-2,9H3. The Morgan fingerprint density at radius 2 is 2.22 bits per heavy atom. The fraction of sp³-hybridized carbons (Fsp3) is 0.833. The first-order valence-electron chi connectivity index (χ1n) is 3.23. The number of carbonyl (C=O) groups excluding carboxylic acids is 1. The van der Waals surface area contributed by atoms with Gasteiger partial charge in [0.05, 0.1) is 0 Å². The first kappa shape index (κ1) is 8.69. The minimum absolute atomic E-state index is 0.0460. The third-order valence-electron chi connectivity index (χ3n) is 1.15. The van der Waals surface area contributed by atoms with Crippen LogP contribution in [0.15, 0.2) is 0 Å². The fourth-order valence-electron chi connectivity index (χ4n) is 0.509. The van der Waals surface area contributed by atoms with Gasteiger partial charge in [-0.1, -0.05) is 13.8 Å². The quantitative estimate of drug-likeness (QED) is 0.533. The molecule has 54 valence electrons. The van der Waals surface area contributed by atoms with Gasteiger partial charge in [0.15, 0.2) is 0 Å². The summed E-state index contributed by atoms with van der Waals surface area (Å²) in [6.45, 7) is 4.20. The van der Waals surface area contributed by atoms with E-state index in [1.165, 1.54) is 0 Å². The van der Waals surface area contributed by atoms with Crippen molar-refractivity contribution < 1.29 is 9.22 Å². The third-order valence-corrected chi connectivity index (χ3v) is 1.61. The van der Waals surface area contributed by atoms with Gasteiger partial charge in [-0.2, -0.15) is 0 Å². The minimum atomic E-state index is -0.0460. The monoisotopic (exact) mass is 146 g/mol. The van der Waals surface area contributed by atoms with Gasteiger partial charge in [-0.15, -0.1) is 0 Å². The van der Waals surface area contributed by atoms with Gasteiger partial charge in [-0.25, -0.2) is 0 Å². The van der Waals surface area contributed by atoms with E-state index in [0.717, 1.165) is 6.42 Å². The highest BCUT2D eigenvalue weighted by molar-refractivity contribution is 6.05. The summed E-state index contributed by atoms with van der Waals surface area (Å²) < 4.78 is 4.60. The van der Waals surface area contributed by atoms with Crippen molar-refractivity contribution in [2.24, 2.45) is 5.92 Å². The molecule has 0 spiro atoms. The summed E-state index contributed by atoms with van der Waals surface area (Å²) in [5, 5.41) is 0. The highest BCUT2D eigenvalue weighted by Crippen LogP contribution is 2.03. The molecule has 0 aromatic carbocycles. The minimum Gasteiger partial charge on any atom is -0.529 e. The van der Waals surface area contributed by atoms with Crippen molar-refractivity contribution in [3.8, 4) is 0 Å². The molecule has 0 bridgehead atoms. The highest BCUT2D eigenvalue weighted by atomic mass is 28.2. The first-order valence-corrected chi connectivity index (χ1v) is 4.05. The van der Waals surface area contributed by atoms with E-state index in [-0.39, 0.29) is 5.97 Å². The summed E-state index contributed by atoms with van der Waals surface area (Å²) in [6, 6.07) is 0. The van der Waals surface area contributed by atoms with Gasteiger partial charge >= 0.3 is 0 Å². The SMILES string of the molecule is CC(C)CCC(=O)O[SiH3]. The summed E-state index contributed by atoms with van der Waals surface area (Å²) in [4.78, 5) is 10.5. The molecule has 0 aliphatic heterocycles. The molecule has 0 atom stereocenters. The van der Waals surface area contributed by atoms with Crippen LogP contribution in [0.3, 0.4) is 0 Å². The molecular formula is C6H14O2Si. The van der Waals surface area contributed by atoms with E-state index in [1.807, 2.05) is 0 Å². The molecule has 0 amide bonds. The van der Waals surface area contributed by atoms with Gasteiger partial charge in [0.25, 0.3) is 5.97 Å². The van der Waals surface area contributed by atoms with E-state index in [9.17, 15) is 4.79 Å². The maximum absolute atomic E-state index is 10.5. The van der Waals surface area contributed by atoms with E-state index < -0.39 is 0 Å². The summed E-state index contributed by atoms with van der Waals surface area (Å²) in [7, 11) is 0.533. The van der Waals surface area contributed by atoms with Crippen LogP contribution in [0.25, 0.3) is 0 Å². The summed E-state index contributed by atoms with van der Waals surface area (Å²) in [5.74, 6) is 0.557. The number of carbonyl (C=O) groups is 1. The van der Waals surface area contributed by atoms with Gasteiger partial charge in [-0.3, -0.25) is 4.79 Å². The lowest BCUT2D eigenvalue weighted by Gasteiger charge is -2.01. The molecule has 0 unspecified atom stereocenters. The summed E-state index contributed by atoms with van der Waals surface area (Å²) in [5.41, 5.74) is 0. The van der Waals surface area contributed by atoms with E-state index in [4.69, 9.17) is 0 Å². The Hall–Kier alpha value is -0.313. The van der Waals surface area contributed by atoms with Crippen molar-refractivity contribution >= 4 is 16.5 Å². The molecule has 0 aromatic rings. The summed E-state index contributed by atoms with van der Waals surface area (Å²) >= 11 is 0. The van der Waals surface area contributed by atoms with E-state index >= 15 is 0 Å². The largest absolute Gasteiger partial charge is 0.529 e. The molecule has 0 aliphatic rings. The zero-order valence-electron chi connectivity index (χ0n) is 6.31. The smallest absolute Gasteiger partial charge is 0.291 e. The van der Waals surface area contributed by atoms with Crippen LogP contribution in [0.2, 0.25) is 0 Å². The fourth-order valence-corrected chi connectivity index (χ4v) is 0.713. The molecule has 0 fully saturated rings. The Kier molecular flexibility index (Phi) is 4.40. The molecule has 9 heavy (non-hydrogen) atoms. The predicted octanol–water partition coefficient (Wildman–Crippen LogP) is 0.246. The zero-order chi connectivity index (χ0) is 7.28. The molecule has 0 saturated carbocycles. The lowest BCUT2D eigenvalue weighted by Crippen LogP contribution is -2.02. The Labute approximate surface area is 59.1 Å². The van der Waals surface area contributed by atoms with Gasteiger partial charge < -0.3 is 4.43 Å². The average Bonchev–Trinajstić information content (AvgIpc) is 1.83. The highest BCUT2D eigenvalue weighted by Gasteiger charge is 2.00. The Morgan fingerprint density at radius 1 is 1.67 bits per heavy atom. The van der Waals surface area contributed by atoms with Crippen LogP contribution in [0.5, 0.6) is 0 Å². The molecule has 0 rings (SSSR count). The van der Waals surface area contributed by atoms with Crippen LogP contribution in [-0.2, 0) is 9.22 Å².